The van der Waals surface area contributed by atoms with E-state index in [4.69, 9.17) is 10.8 Å². The van der Waals surface area contributed by atoms with Crippen molar-refractivity contribution in [2.45, 2.75) is 18.8 Å². The molecular formula is C10H14N4O2. The Morgan fingerprint density at radius 1 is 1.56 bits per heavy atom. The largest absolute Gasteiger partial charge is 0.481 e. The first-order valence-electron chi connectivity index (χ1n) is 5.14. The van der Waals surface area contributed by atoms with Gasteiger partial charge in [0, 0.05) is 13.0 Å². The number of nitrogens with zero attached hydrogens (tertiary/aromatic N) is 3. The molecule has 0 aromatic carbocycles. The molecule has 6 nitrogen and oxygen atoms in total. The van der Waals surface area contributed by atoms with E-state index in [9.17, 15) is 4.79 Å². The minimum atomic E-state index is -0.805. The Labute approximate surface area is 92.8 Å². The minimum Gasteiger partial charge on any atom is -0.481 e. The van der Waals surface area contributed by atoms with Crippen LogP contribution in [0.25, 0.3) is 0 Å². The normalized spacial score (nSPS) is 24.6. The molecule has 1 aromatic rings. The lowest BCUT2D eigenvalue weighted by Gasteiger charge is -2.22. The molecular weight excluding hydrogens is 208 g/mol. The lowest BCUT2D eigenvalue weighted by molar-refractivity contribution is -0.142. The van der Waals surface area contributed by atoms with E-state index in [0.717, 1.165) is 0 Å². The van der Waals surface area contributed by atoms with E-state index in [1.165, 1.54) is 4.68 Å². The molecule has 0 fully saturated rings. The van der Waals surface area contributed by atoms with Gasteiger partial charge >= 0.3 is 5.97 Å². The van der Waals surface area contributed by atoms with Crippen LogP contribution in [-0.4, -0.2) is 25.8 Å². The number of carbonyl (C=O) groups is 1. The lowest BCUT2D eigenvalue weighted by atomic mass is 9.82. The van der Waals surface area contributed by atoms with Crippen LogP contribution in [0, 0.1) is 5.92 Å². The summed E-state index contributed by atoms with van der Waals surface area (Å²) in [6.45, 7) is 0. The number of aryl methyl sites for hydroxylation is 1. The summed E-state index contributed by atoms with van der Waals surface area (Å²) < 4.78 is 1.46. The molecule has 2 atom stereocenters. The van der Waals surface area contributed by atoms with Crippen LogP contribution in [0.5, 0.6) is 0 Å². The Bertz CT molecular complexity index is 419. The first kappa shape index (κ1) is 10.7. The highest BCUT2D eigenvalue weighted by Gasteiger charge is 2.32. The lowest BCUT2D eigenvalue weighted by Crippen LogP contribution is -2.24. The van der Waals surface area contributed by atoms with E-state index in [-0.39, 0.29) is 5.92 Å². The average Bonchev–Trinajstić information content (AvgIpc) is 2.59. The molecule has 0 aliphatic heterocycles. The van der Waals surface area contributed by atoms with Gasteiger partial charge in [-0.2, -0.15) is 10.1 Å². The Morgan fingerprint density at radius 3 is 2.81 bits per heavy atom. The number of nitrogens with two attached hydrogens (primary N) is 1. The summed E-state index contributed by atoms with van der Waals surface area (Å²) in [6, 6.07) is 0. The maximum atomic E-state index is 11.1. The zero-order chi connectivity index (χ0) is 11.7. The number of carboxylic acids is 1. The standard InChI is InChI=1S/C10H14N4O2/c1-14-10(11)12-8(13-14)6-4-2-3-5-7(6)9(15)16/h2-3,6-7H,4-5H2,1H3,(H,15,16)(H2,11,12,13)/t6-,7+/m1/s1. The molecule has 0 spiro atoms. The van der Waals surface area contributed by atoms with E-state index in [1.54, 1.807) is 7.05 Å². The van der Waals surface area contributed by atoms with Gasteiger partial charge in [0.2, 0.25) is 5.95 Å². The smallest absolute Gasteiger partial charge is 0.307 e. The van der Waals surface area contributed by atoms with E-state index in [0.29, 0.717) is 24.6 Å². The average molecular weight is 222 g/mol. The monoisotopic (exact) mass is 222 g/mol. The van der Waals surface area contributed by atoms with Crippen molar-refractivity contribution in [3.63, 3.8) is 0 Å². The quantitative estimate of drug-likeness (QED) is 0.712. The van der Waals surface area contributed by atoms with Gasteiger partial charge in [-0.1, -0.05) is 12.2 Å². The zero-order valence-corrected chi connectivity index (χ0v) is 9.00. The first-order valence-corrected chi connectivity index (χ1v) is 5.14. The summed E-state index contributed by atoms with van der Waals surface area (Å²) in [6.07, 6.45) is 5.04. The van der Waals surface area contributed by atoms with Crippen molar-refractivity contribution in [3.8, 4) is 0 Å². The van der Waals surface area contributed by atoms with Gasteiger partial charge in [-0.3, -0.25) is 4.79 Å². The number of nitrogen functional groups attached to an aromatic ring is 1. The fourth-order valence-corrected chi connectivity index (χ4v) is 1.95. The zero-order valence-electron chi connectivity index (χ0n) is 9.00. The molecule has 3 N–H and O–H groups in total. The van der Waals surface area contributed by atoms with Crippen molar-refractivity contribution in [3.05, 3.63) is 18.0 Å². The Morgan fingerprint density at radius 2 is 2.25 bits per heavy atom. The molecule has 1 aliphatic carbocycles. The third kappa shape index (κ3) is 1.78. The highest BCUT2D eigenvalue weighted by Crippen LogP contribution is 2.33. The molecule has 0 saturated carbocycles. The number of carboxylic acid groups (broad SMARTS) is 1. The number of anilines is 1. The summed E-state index contributed by atoms with van der Waals surface area (Å²) in [4.78, 5) is 15.2. The number of hydrogen-bond acceptors (Lipinski definition) is 4. The molecule has 6 heteroatoms. The summed E-state index contributed by atoms with van der Waals surface area (Å²) in [5.74, 6) is -0.594. The number of rotatable bonds is 2. The number of aliphatic carboxylic acids is 1. The fraction of sp³-hybridized carbons (Fsp3) is 0.500. The van der Waals surface area contributed by atoms with Crippen molar-refractivity contribution in [1.29, 1.82) is 0 Å². The predicted molar refractivity (Wildman–Crippen MR) is 57.7 cm³/mol. The second-order valence-electron chi connectivity index (χ2n) is 3.95. The van der Waals surface area contributed by atoms with Gasteiger partial charge in [-0.25, -0.2) is 4.68 Å². The molecule has 0 saturated heterocycles. The SMILES string of the molecule is Cn1nc([C@@H]2CC=CC[C@@H]2C(=O)O)nc1N. The van der Waals surface area contributed by atoms with Crippen LogP contribution in [0.15, 0.2) is 12.2 Å². The Balaban J connectivity index is 2.30. The second kappa shape index (κ2) is 3.96. The molecule has 1 aromatic heterocycles. The molecule has 0 amide bonds. The first-order chi connectivity index (χ1) is 7.59. The molecule has 86 valence electrons. The summed E-state index contributed by atoms with van der Waals surface area (Å²) in [5.41, 5.74) is 5.59. The molecule has 16 heavy (non-hydrogen) atoms. The molecule has 0 unspecified atom stereocenters. The van der Waals surface area contributed by atoms with Crippen molar-refractivity contribution < 1.29 is 9.90 Å². The van der Waals surface area contributed by atoms with E-state index < -0.39 is 11.9 Å². The third-order valence-corrected chi connectivity index (χ3v) is 2.89. The van der Waals surface area contributed by atoms with Crippen molar-refractivity contribution in [2.75, 3.05) is 5.73 Å². The van der Waals surface area contributed by atoms with Gasteiger partial charge in [0.05, 0.1) is 5.92 Å². The van der Waals surface area contributed by atoms with Gasteiger partial charge in [-0.05, 0) is 12.8 Å². The summed E-state index contributed by atoms with van der Waals surface area (Å²) in [7, 11) is 1.69. The second-order valence-corrected chi connectivity index (χ2v) is 3.95. The van der Waals surface area contributed by atoms with Crippen LogP contribution >= 0.6 is 0 Å². The van der Waals surface area contributed by atoms with Crippen LogP contribution in [0.3, 0.4) is 0 Å². The maximum absolute atomic E-state index is 11.1. The van der Waals surface area contributed by atoms with E-state index >= 15 is 0 Å². The molecule has 0 radical (unpaired) electrons. The topological polar surface area (TPSA) is 94.0 Å². The number of aromatic nitrogens is 3. The van der Waals surface area contributed by atoms with Gasteiger partial charge in [0.1, 0.15) is 0 Å². The third-order valence-electron chi connectivity index (χ3n) is 2.89. The molecule has 2 rings (SSSR count). The Hall–Kier alpha value is -1.85. The summed E-state index contributed by atoms with van der Waals surface area (Å²) in [5, 5.41) is 13.3. The van der Waals surface area contributed by atoms with Crippen LogP contribution in [0.4, 0.5) is 5.95 Å². The van der Waals surface area contributed by atoms with Crippen molar-refractivity contribution >= 4 is 11.9 Å². The maximum Gasteiger partial charge on any atom is 0.307 e. The van der Waals surface area contributed by atoms with Gasteiger partial charge < -0.3 is 10.8 Å². The minimum absolute atomic E-state index is 0.175. The van der Waals surface area contributed by atoms with Crippen molar-refractivity contribution in [2.24, 2.45) is 13.0 Å². The van der Waals surface area contributed by atoms with E-state index in [1.807, 2.05) is 12.2 Å². The summed E-state index contributed by atoms with van der Waals surface area (Å²) >= 11 is 0. The van der Waals surface area contributed by atoms with Crippen LogP contribution < -0.4 is 5.73 Å². The molecule has 1 heterocycles. The van der Waals surface area contributed by atoms with Gasteiger partial charge in [0.15, 0.2) is 5.82 Å². The van der Waals surface area contributed by atoms with Gasteiger partial charge in [-0.15, -0.1) is 0 Å². The molecule has 1 aliphatic rings. The van der Waals surface area contributed by atoms with Crippen LogP contribution in [0.2, 0.25) is 0 Å². The van der Waals surface area contributed by atoms with Crippen LogP contribution in [-0.2, 0) is 11.8 Å². The molecule has 0 bridgehead atoms. The Kier molecular flexibility index (Phi) is 2.64. The highest BCUT2D eigenvalue weighted by atomic mass is 16.4. The van der Waals surface area contributed by atoms with Crippen LogP contribution in [0.1, 0.15) is 24.6 Å². The number of allylic oxidation sites excluding steroid dienone is 2. The van der Waals surface area contributed by atoms with Crippen molar-refractivity contribution in [1.82, 2.24) is 14.8 Å². The van der Waals surface area contributed by atoms with E-state index in [2.05, 4.69) is 10.1 Å². The highest BCUT2D eigenvalue weighted by molar-refractivity contribution is 5.71. The fourth-order valence-electron chi connectivity index (χ4n) is 1.95. The van der Waals surface area contributed by atoms with Gasteiger partial charge in [0.25, 0.3) is 0 Å². The predicted octanol–water partition coefficient (Wildman–Crippen LogP) is 0.532. The number of hydrogen-bond donors (Lipinski definition) is 2.